The highest BCUT2D eigenvalue weighted by molar-refractivity contribution is 7.20. The van der Waals surface area contributed by atoms with Crippen LogP contribution in [-0.4, -0.2) is 15.5 Å². The molecule has 0 aliphatic rings. The van der Waals surface area contributed by atoms with Crippen LogP contribution in [-0.2, 0) is 6.54 Å². The minimum atomic E-state index is -0.736. The maximum absolute atomic E-state index is 13.8. The highest BCUT2D eigenvalue weighted by Crippen LogP contribution is 2.28. The van der Waals surface area contributed by atoms with E-state index >= 15 is 0 Å². The van der Waals surface area contributed by atoms with Crippen LogP contribution in [0.15, 0.2) is 29.3 Å². The molecule has 0 spiro atoms. The zero-order valence-electron chi connectivity index (χ0n) is 15.0. The van der Waals surface area contributed by atoms with E-state index in [9.17, 15) is 18.4 Å². The summed E-state index contributed by atoms with van der Waals surface area (Å²) in [6, 6.07) is 2.83. The Kier molecular flexibility index (Phi) is 5.65. The first-order chi connectivity index (χ1) is 12.9. The van der Waals surface area contributed by atoms with Gasteiger partial charge in [-0.3, -0.25) is 14.2 Å². The zero-order valence-corrected chi connectivity index (χ0v) is 15.8. The van der Waals surface area contributed by atoms with Gasteiger partial charge in [-0.1, -0.05) is 19.8 Å². The standard InChI is InChI=1S/C19H19F2N3O2S/c1-3-4-5-8-24-10-22-18-15(19(24)26)11(2)16(27-18)17(25)23-14-9-12(20)6-7-13(14)21/h6-7,9-10H,3-5,8H2,1-2H3,(H,23,25). The van der Waals surface area contributed by atoms with E-state index in [2.05, 4.69) is 17.2 Å². The summed E-state index contributed by atoms with van der Waals surface area (Å²) in [4.78, 5) is 30.3. The molecular formula is C19H19F2N3O2S. The number of unbranched alkanes of at least 4 members (excludes halogenated alkanes) is 2. The van der Waals surface area contributed by atoms with E-state index in [0.717, 1.165) is 48.8 Å². The highest BCUT2D eigenvalue weighted by atomic mass is 32.1. The number of benzene rings is 1. The third-order valence-corrected chi connectivity index (χ3v) is 5.50. The minimum absolute atomic E-state index is 0.194. The van der Waals surface area contributed by atoms with Gasteiger partial charge in [0, 0.05) is 12.6 Å². The fraction of sp³-hybridized carbons (Fsp3) is 0.316. The molecule has 1 amide bonds. The molecule has 2 aromatic heterocycles. The van der Waals surface area contributed by atoms with Crippen molar-refractivity contribution in [2.45, 2.75) is 39.7 Å². The summed E-state index contributed by atoms with van der Waals surface area (Å²) in [5.41, 5.74) is 0.0503. The number of nitrogens with zero attached hydrogens (tertiary/aromatic N) is 2. The first-order valence-electron chi connectivity index (χ1n) is 8.67. The van der Waals surface area contributed by atoms with Gasteiger partial charge in [0.05, 0.1) is 22.3 Å². The summed E-state index contributed by atoms with van der Waals surface area (Å²) in [7, 11) is 0. The number of nitrogens with one attached hydrogen (secondary N) is 1. The van der Waals surface area contributed by atoms with Gasteiger partial charge in [-0.25, -0.2) is 13.8 Å². The third-order valence-electron chi connectivity index (χ3n) is 4.30. The van der Waals surface area contributed by atoms with E-state index in [-0.39, 0.29) is 16.1 Å². The molecule has 0 unspecified atom stereocenters. The normalized spacial score (nSPS) is 11.1. The van der Waals surface area contributed by atoms with Crippen LogP contribution in [0.5, 0.6) is 0 Å². The lowest BCUT2D eigenvalue weighted by molar-refractivity contribution is 0.102. The Labute approximate surface area is 158 Å². The van der Waals surface area contributed by atoms with Gasteiger partial charge in [0.15, 0.2) is 0 Å². The van der Waals surface area contributed by atoms with Crippen molar-refractivity contribution in [1.29, 1.82) is 0 Å². The van der Waals surface area contributed by atoms with Crippen molar-refractivity contribution in [3.05, 3.63) is 57.0 Å². The molecule has 142 valence electrons. The number of aryl methyl sites for hydroxylation is 2. The van der Waals surface area contributed by atoms with Crippen molar-refractivity contribution < 1.29 is 13.6 Å². The molecule has 0 saturated heterocycles. The number of thiophene rings is 1. The lowest BCUT2D eigenvalue weighted by Crippen LogP contribution is -2.20. The molecule has 2 heterocycles. The smallest absolute Gasteiger partial charge is 0.266 e. The summed E-state index contributed by atoms with van der Waals surface area (Å²) >= 11 is 1.06. The molecule has 0 fully saturated rings. The first kappa shape index (κ1) is 19.2. The van der Waals surface area contributed by atoms with Crippen molar-refractivity contribution >= 4 is 33.1 Å². The number of hydrogen-bond acceptors (Lipinski definition) is 4. The number of amides is 1. The topological polar surface area (TPSA) is 64.0 Å². The molecule has 5 nitrogen and oxygen atoms in total. The van der Waals surface area contributed by atoms with Crippen molar-refractivity contribution in [2.24, 2.45) is 0 Å². The maximum atomic E-state index is 13.8. The van der Waals surface area contributed by atoms with E-state index in [0.29, 0.717) is 22.3 Å². The van der Waals surface area contributed by atoms with Crippen molar-refractivity contribution in [3.63, 3.8) is 0 Å². The number of anilines is 1. The quantitative estimate of drug-likeness (QED) is 0.630. The molecule has 3 rings (SSSR count). The molecular weight excluding hydrogens is 372 g/mol. The molecule has 0 aliphatic carbocycles. The molecule has 0 saturated carbocycles. The average Bonchev–Trinajstić information content (AvgIpc) is 2.98. The summed E-state index contributed by atoms with van der Waals surface area (Å²) in [5, 5.41) is 2.76. The van der Waals surface area contributed by atoms with Gasteiger partial charge in [0.1, 0.15) is 16.5 Å². The van der Waals surface area contributed by atoms with E-state index in [1.165, 1.54) is 6.33 Å². The molecule has 0 radical (unpaired) electrons. The number of aromatic nitrogens is 2. The lowest BCUT2D eigenvalue weighted by Gasteiger charge is -2.06. The van der Waals surface area contributed by atoms with Crippen molar-refractivity contribution in [1.82, 2.24) is 9.55 Å². The van der Waals surface area contributed by atoms with Crippen LogP contribution in [0, 0.1) is 18.6 Å². The van der Waals surface area contributed by atoms with E-state index in [1.54, 1.807) is 11.5 Å². The number of fused-ring (bicyclic) bond motifs is 1. The van der Waals surface area contributed by atoms with E-state index in [1.807, 2.05) is 0 Å². The van der Waals surface area contributed by atoms with Crippen LogP contribution in [0.2, 0.25) is 0 Å². The van der Waals surface area contributed by atoms with Gasteiger partial charge >= 0.3 is 0 Å². The Morgan fingerprint density at radius 1 is 1.30 bits per heavy atom. The van der Waals surface area contributed by atoms with Gasteiger partial charge in [0.25, 0.3) is 11.5 Å². The Bertz CT molecular complexity index is 1060. The lowest BCUT2D eigenvalue weighted by atomic mass is 10.2. The van der Waals surface area contributed by atoms with Crippen molar-refractivity contribution in [2.75, 3.05) is 5.32 Å². The number of carbonyl (C=O) groups is 1. The Morgan fingerprint density at radius 3 is 2.81 bits per heavy atom. The second kappa shape index (κ2) is 7.96. The van der Waals surface area contributed by atoms with E-state index < -0.39 is 17.5 Å². The second-order valence-electron chi connectivity index (χ2n) is 6.26. The predicted molar refractivity (Wildman–Crippen MR) is 102 cm³/mol. The van der Waals surface area contributed by atoms with Crippen molar-refractivity contribution in [3.8, 4) is 0 Å². The van der Waals surface area contributed by atoms with Gasteiger partial charge in [-0.15, -0.1) is 11.3 Å². The first-order valence-corrected chi connectivity index (χ1v) is 9.49. The van der Waals surface area contributed by atoms with Crippen LogP contribution in [0.4, 0.5) is 14.5 Å². The van der Waals surface area contributed by atoms with Crippen LogP contribution in [0.25, 0.3) is 10.2 Å². The minimum Gasteiger partial charge on any atom is -0.319 e. The van der Waals surface area contributed by atoms with Crippen LogP contribution < -0.4 is 10.9 Å². The SMILES string of the molecule is CCCCCn1cnc2sc(C(=O)Nc3cc(F)ccc3F)c(C)c2c1=O. The Hall–Kier alpha value is -2.61. The molecule has 3 aromatic rings. The number of halogens is 2. The molecule has 8 heteroatoms. The summed E-state index contributed by atoms with van der Waals surface area (Å²) in [6.45, 7) is 4.32. The Balaban J connectivity index is 1.94. The van der Waals surface area contributed by atoms with Gasteiger partial charge in [-0.05, 0) is 31.0 Å². The predicted octanol–water partition coefficient (Wildman–Crippen LogP) is 4.49. The highest BCUT2D eigenvalue weighted by Gasteiger charge is 2.20. The van der Waals surface area contributed by atoms with Gasteiger partial charge in [-0.2, -0.15) is 0 Å². The summed E-state index contributed by atoms with van der Waals surface area (Å²) in [6.07, 6.45) is 4.42. The van der Waals surface area contributed by atoms with E-state index in [4.69, 9.17) is 0 Å². The number of hydrogen-bond donors (Lipinski definition) is 1. The summed E-state index contributed by atoms with van der Waals surface area (Å²) < 4.78 is 28.6. The second-order valence-corrected chi connectivity index (χ2v) is 7.26. The fourth-order valence-corrected chi connectivity index (χ4v) is 3.87. The number of carbonyl (C=O) groups excluding carboxylic acids is 1. The Morgan fingerprint density at radius 2 is 2.07 bits per heavy atom. The molecule has 0 bridgehead atoms. The van der Waals surface area contributed by atoms with Crippen LogP contribution in [0.1, 0.15) is 41.4 Å². The maximum Gasteiger partial charge on any atom is 0.266 e. The third kappa shape index (κ3) is 3.90. The average molecular weight is 391 g/mol. The summed E-state index contributed by atoms with van der Waals surface area (Å²) in [5.74, 6) is -1.99. The van der Waals surface area contributed by atoms with Crippen LogP contribution in [0.3, 0.4) is 0 Å². The van der Waals surface area contributed by atoms with Gasteiger partial charge < -0.3 is 5.32 Å². The molecule has 1 aromatic carbocycles. The van der Waals surface area contributed by atoms with Crippen LogP contribution >= 0.6 is 11.3 Å². The zero-order chi connectivity index (χ0) is 19.6. The molecule has 27 heavy (non-hydrogen) atoms. The molecule has 1 N–H and O–H groups in total. The monoisotopic (exact) mass is 391 g/mol. The number of rotatable bonds is 6. The van der Waals surface area contributed by atoms with Gasteiger partial charge in [0.2, 0.25) is 0 Å². The molecule has 0 aliphatic heterocycles. The largest absolute Gasteiger partial charge is 0.319 e. The molecule has 0 atom stereocenters. The fourth-order valence-electron chi connectivity index (χ4n) is 2.84.